The Labute approximate surface area is 108 Å². The lowest BCUT2D eigenvalue weighted by Crippen LogP contribution is -2.18. The maximum absolute atomic E-state index is 12.1. The number of carbonyl (C=O) groups is 1. The number of carboxylic acids is 1. The monoisotopic (exact) mass is 318 g/mol. The number of hydrogen-bond donors (Lipinski definition) is 1. The van der Waals surface area contributed by atoms with Crippen LogP contribution in [0.4, 0.5) is 0 Å². The van der Waals surface area contributed by atoms with Gasteiger partial charge in [0.05, 0.1) is 10.1 Å². The van der Waals surface area contributed by atoms with Crippen molar-refractivity contribution in [2.24, 2.45) is 0 Å². The van der Waals surface area contributed by atoms with Gasteiger partial charge in [0.25, 0.3) is 0 Å². The van der Waals surface area contributed by atoms with Crippen LogP contribution in [-0.4, -0.2) is 24.7 Å². The van der Waals surface area contributed by atoms with E-state index in [4.69, 9.17) is 5.11 Å². The highest BCUT2D eigenvalue weighted by molar-refractivity contribution is 9.10. The molecule has 6 heteroatoms. The minimum absolute atomic E-state index is 0.112. The number of sulfone groups is 1. The van der Waals surface area contributed by atoms with Crippen molar-refractivity contribution in [3.05, 3.63) is 28.2 Å². The van der Waals surface area contributed by atoms with Crippen LogP contribution >= 0.6 is 15.9 Å². The van der Waals surface area contributed by atoms with E-state index >= 15 is 0 Å². The molecule has 1 atom stereocenters. The number of benzene rings is 1. The largest absolute Gasteiger partial charge is 0.481 e. The van der Waals surface area contributed by atoms with Crippen LogP contribution in [-0.2, 0) is 21.1 Å². The molecule has 1 aromatic rings. The van der Waals surface area contributed by atoms with Gasteiger partial charge in [0, 0.05) is 10.9 Å². The Kier molecular flexibility index (Phi) is 3.27. The zero-order valence-corrected chi connectivity index (χ0v) is 11.3. The molecule has 0 bridgehead atoms. The van der Waals surface area contributed by atoms with Crippen molar-refractivity contribution in [3.8, 4) is 0 Å². The molecule has 0 aliphatic carbocycles. The summed E-state index contributed by atoms with van der Waals surface area (Å²) >= 11 is 3.30. The highest BCUT2D eigenvalue weighted by atomic mass is 79.9. The first-order valence-electron chi connectivity index (χ1n) is 5.15. The van der Waals surface area contributed by atoms with Crippen LogP contribution in [0.15, 0.2) is 27.6 Å². The summed E-state index contributed by atoms with van der Waals surface area (Å²) in [6.07, 6.45) is 0.466. The second-order valence-corrected chi connectivity index (χ2v) is 7.17. The molecule has 1 heterocycles. The van der Waals surface area contributed by atoms with E-state index in [1.807, 2.05) is 0 Å². The predicted octanol–water partition coefficient (Wildman–Crippen LogP) is 2.01. The van der Waals surface area contributed by atoms with Crippen LogP contribution < -0.4 is 0 Å². The van der Waals surface area contributed by atoms with Crippen LogP contribution in [0.3, 0.4) is 0 Å². The van der Waals surface area contributed by atoms with Gasteiger partial charge in [-0.15, -0.1) is 0 Å². The highest BCUT2D eigenvalue weighted by Gasteiger charge is 2.36. The molecule has 1 aromatic carbocycles. The van der Waals surface area contributed by atoms with Gasteiger partial charge in [0.2, 0.25) is 0 Å². The number of rotatable bonds is 3. The Balaban J connectivity index is 2.30. The summed E-state index contributed by atoms with van der Waals surface area (Å²) in [5, 5.41) is 8.01. The Bertz CT molecular complexity index is 565. The maximum Gasteiger partial charge on any atom is 0.303 e. The first kappa shape index (κ1) is 12.6. The fraction of sp³-hybridized carbons (Fsp3) is 0.364. The maximum atomic E-state index is 12.1. The molecule has 1 aliphatic heterocycles. The van der Waals surface area contributed by atoms with E-state index in [1.54, 1.807) is 18.2 Å². The molecule has 0 spiro atoms. The summed E-state index contributed by atoms with van der Waals surface area (Å²) in [7, 11) is -3.34. The molecule has 0 fully saturated rings. The molecule has 92 valence electrons. The molecule has 0 amide bonds. The van der Waals surface area contributed by atoms with E-state index in [0.29, 0.717) is 11.3 Å². The SMILES string of the molecule is O=C(O)CCC1Cc2cc(Br)ccc2S1(=O)=O. The fourth-order valence-electron chi connectivity index (χ4n) is 2.06. The third-order valence-electron chi connectivity index (χ3n) is 2.90. The molecule has 4 nitrogen and oxygen atoms in total. The first-order chi connectivity index (χ1) is 7.91. The lowest BCUT2D eigenvalue weighted by molar-refractivity contribution is -0.137. The topological polar surface area (TPSA) is 71.4 Å². The number of halogens is 1. The molecule has 17 heavy (non-hydrogen) atoms. The third kappa shape index (κ3) is 2.37. The van der Waals surface area contributed by atoms with Crippen molar-refractivity contribution in [1.82, 2.24) is 0 Å². The fourth-order valence-corrected chi connectivity index (χ4v) is 4.42. The molecule has 1 unspecified atom stereocenters. The van der Waals surface area contributed by atoms with Gasteiger partial charge in [-0.3, -0.25) is 4.79 Å². The summed E-state index contributed by atoms with van der Waals surface area (Å²) in [5.74, 6) is -0.961. The van der Waals surface area contributed by atoms with E-state index in [0.717, 1.165) is 10.0 Å². The van der Waals surface area contributed by atoms with E-state index in [9.17, 15) is 13.2 Å². The zero-order valence-electron chi connectivity index (χ0n) is 8.89. The van der Waals surface area contributed by atoms with Crippen LogP contribution in [0, 0.1) is 0 Å². The lowest BCUT2D eigenvalue weighted by Gasteiger charge is -2.06. The Morgan fingerprint density at radius 2 is 2.18 bits per heavy atom. The van der Waals surface area contributed by atoms with E-state index in [2.05, 4.69) is 15.9 Å². The van der Waals surface area contributed by atoms with Gasteiger partial charge in [-0.05, 0) is 36.6 Å². The molecule has 0 saturated carbocycles. The molecular formula is C11H11BrO4S. The summed E-state index contributed by atoms with van der Waals surface area (Å²) in [5.41, 5.74) is 0.773. The van der Waals surface area contributed by atoms with E-state index in [1.165, 1.54) is 0 Å². The molecule has 0 aromatic heterocycles. The summed E-state index contributed by atoms with van der Waals surface area (Å²) in [6, 6.07) is 5.05. The van der Waals surface area contributed by atoms with Crippen LogP contribution in [0.1, 0.15) is 18.4 Å². The summed E-state index contributed by atoms with van der Waals surface area (Å²) < 4.78 is 25.0. The minimum atomic E-state index is -3.34. The molecule has 1 N–H and O–H groups in total. The smallest absolute Gasteiger partial charge is 0.303 e. The average molecular weight is 319 g/mol. The van der Waals surface area contributed by atoms with Gasteiger partial charge in [0.15, 0.2) is 9.84 Å². The van der Waals surface area contributed by atoms with Crippen LogP contribution in [0.5, 0.6) is 0 Å². The predicted molar refractivity (Wildman–Crippen MR) is 65.7 cm³/mol. The third-order valence-corrected chi connectivity index (χ3v) is 5.68. The lowest BCUT2D eigenvalue weighted by atomic mass is 10.1. The van der Waals surface area contributed by atoms with Crippen molar-refractivity contribution in [2.45, 2.75) is 29.4 Å². The second kappa shape index (κ2) is 4.42. The quantitative estimate of drug-likeness (QED) is 0.925. The van der Waals surface area contributed by atoms with Crippen molar-refractivity contribution < 1.29 is 18.3 Å². The zero-order chi connectivity index (χ0) is 12.6. The highest BCUT2D eigenvalue weighted by Crippen LogP contribution is 2.34. The Morgan fingerprint density at radius 1 is 1.47 bits per heavy atom. The number of fused-ring (bicyclic) bond motifs is 1. The molecule has 0 radical (unpaired) electrons. The molecular weight excluding hydrogens is 308 g/mol. The number of carboxylic acid groups (broad SMARTS) is 1. The van der Waals surface area contributed by atoms with Crippen molar-refractivity contribution in [1.29, 1.82) is 0 Å². The summed E-state index contributed by atoms with van der Waals surface area (Å²) in [4.78, 5) is 10.8. The average Bonchev–Trinajstić information content (AvgIpc) is 2.46. The summed E-state index contributed by atoms with van der Waals surface area (Å²) in [6.45, 7) is 0. The molecule has 0 saturated heterocycles. The molecule has 1 aliphatic rings. The first-order valence-corrected chi connectivity index (χ1v) is 7.49. The van der Waals surface area contributed by atoms with Gasteiger partial charge >= 0.3 is 5.97 Å². The van der Waals surface area contributed by atoms with Gasteiger partial charge in [0.1, 0.15) is 0 Å². The van der Waals surface area contributed by atoms with Gasteiger partial charge in [-0.25, -0.2) is 8.42 Å². The van der Waals surface area contributed by atoms with Gasteiger partial charge < -0.3 is 5.11 Å². The Hall–Kier alpha value is -0.880. The number of aliphatic carboxylic acids is 1. The van der Waals surface area contributed by atoms with Crippen LogP contribution in [0.25, 0.3) is 0 Å². The second-order valence-electron chi connectivity index (χ2n) is 4.06. The van der Waals surface area contributed by atoms with Gasteiger partial charge in [-0.2, -0.15) is 0 Å². The molecule has 2 rings (SSSR count). The van der Waals surface area contributed by atoms with Gasteiger partial charge in [-0.1, -0.05) is 15.9 Å². The standard InChI is InChI=1S/C11H11BrO4S/c12-8-1-3-10-7(5-8)6-9(17(10,15)16)2-4-11(13)14/h1,3,5,9H,2,4,6H2,(H,13,14). The Morgan fingerprint density at radius 3 is 2.82 bits per heavy atom. The van der Waals surface area contributed by atoms with Crippen molar-refractivity contribution >= 4 is 31.7 Å². The van der Waals surface area contributed by atoms with E-state index in [-0.39, 0.29) is 12.8 Å². The normalized spacial score (nSPS) is 21.1. The van der Waals surface area contributed by atoms with Crippen LogP contribution in [0.2, 0.25) is 0 Å². The van der Waals surface area contributed by atoms with Crippen molar-refractivity contribution in [3.63, 3.8) is 0 Å². The van der Waals surface area contributed by atoms with Crippen molar-refractivity contribution in [2.75, 3.05) is 0 Å². The number of hydrogen-bond acceptors (Lipinski definition) is 3. The minimum Gasteiger partial charge on any atom is -0.481 e. The van der Waals surface area contributed by atoms with E-state index < -0.39 is 21.1 Å².